The molecule has 0 saturated carbocycles. The number of carbonyl (C=O) groups is 1. The van der Waals surface area contributed by atoms with Crippen molar-refractivity contribution in [2.75, 3.05) is 14.2 Å². The summed E-state index contributed by atoms with van der Waals surface area (Å²) >= 11 is 0. The number of nitro benzene ring substituents is 1. The zero-order chi connectivity index (χ0) is 24.8. The first kappa shape index (κ1) is 23.2. The SMILES string of the molecule is COc1cc(OC)nc(Oc2cccc(-c3ccccc3)c2C(=O)Oc2ccc([N+](=O)[O-])cc2)n1. The van der Waals surface area contributed by atoms with E-state index in [1.807, 2.05) is 30.3 Å². The smallest absolute Gasteiger partial charge is 0.347 e. The molecule has 0 unspecified atom stereocenters. The van der Waals surface area contributed by atoms with Crippen LogP contribution in [-0.2, 0) is 0 Å². The van der Waals surface area contributed by atoms with Gasteiger partial charge in [0.2, 0.25) is 11.8 Å². The first-order valence-corrected chi connectivity index (χ1v) is 10.3. The molecule has 176 valence electrons. The molecule has 35 heavy (non-hydrogen) atoms. The predicted molar refractivity (Wildman–Crippen MR) is 125 cm³/mol. The fourth-order valence-corrected chi connectivity index (χ4v) is 3.22. The van der Waals surface area contributed by atoms with Crippen LogP contribution in [0.25, 0.3) is 11.1 Å². The highest BCUT2D eigenvalue weighted by Gasteiger charge is 2.23. The summed E-state index contributed by atoms with van der Waals surface area (Å²) in [6.45, 7) is 0. The molecule has 0 spiro atoms. The second kappa shape index (κ2) is 10.3. The molecule has 1 aromatic heterocycles. The number of hydrogen-bond donors (Lipinski definition) is 0. The highest BCUT2D eigenvalue weighted by atomic mass is 16.6. The highest BCUT2D eigenvalue weighted by molar-refractivity contribution is 6.01. The van der Waals surface area contributed by atoms with Gasteiger partial charge >= 0.3 is 12.0 Å². The van der Waals surface area contributed by atoms with Crippen LogP contribution in [0.4, 0.5) is 5.69 Å². The molecule has 0 amide bonds. The molecular formula is C25H19N3O7. The number of nitrogens with zero attached hydrogens (tertiary/aromatic N) is 3. The van der Waals surface area contributed by atoms with E-state index in [-0.39, 0.29) is 40.5 Å². The van der Waals surface area contributed by atoms with Crippen LogP contribution in [0.5, 0.6) is 29.3 Å². The van der Waals surface area contributed by atoms with Crippen LogP contribution >= 0.6 is 0 Å². The number of non-ortho nitro benzene ring substituents is 1. The third kappa shape index (κ3) is 5.33. The number of nitro groups is 1. The zero-order valence-corrected chi connectivity index (χ0v) is 18.7. The maximum atomic E-state index is 13.4. The number of esters is 1. The molecule has 0 radical (unpaired) electrons. The summed E-state index contributed by atoms with van der Waals surface area (Å²) in [6, 6.07) is 20.8. The van der Waals surface area contributed by atoms with Crippen LogP contribution in [0.3, 0.4) is 0 Å². The average molecular weight is 473 g/mol. The van der Waals surface area contributed by atoms with E-state index in [4.69, 9.17) is 18.9 Å². The predicted octanol–water partition coefficient (Wildman–Crippen LogP) is 5.08. The number of carbonyl (C=O) groups excluding carboxylic acids is 1. The van der Waals surface area contributed by atoms with E-state index in [1.54, 1.807) is 18.2 Å². The highest BCUT2D eigenvalue weighted by Crippen LogP contribution is 2.34. The Kier molecular flexibility index (Phi) is 6.82. The maximum absolute atomic E-state index is 13.4. The molecule has 1 heterocycles. The lowest BCUT2D eigenvalue weighted by Crippen LogP contribution is -2.12. The Bertz CT molecular complexity index is 1340. The van der Waals surface area contributed by atoms with Crippen LogP contribution in [0.2, 0.25) is 0 Å². The summed E-state index contributed by atoms with van der Waals surface area (Å²) in [7, 11) is 2.88. The van der Waals surface area contributed by atoms with Gasteiger partial charge in [-0.3, -0.25) is 10.1 Å². The molecule has 0 aliphatic heterocycles. The minimum atomic E-state index is -0.733. The van der Waals surface area contributed by atoms with Crippen LogP contribution in [0, 0.1) is 10.1 Å². The molecular weight excluding hydrogens is 454 g/mol. The fraction of sp³-hybridized carbons (Fsp3) is 0.0800. The first-order valence-electron chi connectivity index (χ1n) is 10.3. The second-order valence-corrected chi connectivity index (χ2v) is 7.02. The van der Waals surface area contributed by atoms with Gasteiger partial charge in [-0.1, -0.05) is 42.5 Å². The van der Waals surface area contributed by atoms with Crippen molar-refractivity contribution in [1.82, 2.24) is 9.97 Å². The van der Waals surface area contributed by atoms with E-state index in [2.05, 4.69) is 9.97 Å². The van der Waals surface area contributed by atoms with E-state index in [9.17, 15) is 14.9 Å². The monoisotopic (exact) mass is 473 g/mol. The molecule has 3 aromatic carbocycles. The largest absolute Gasteiger partial charge is 0.481 e. The van der Waals surface area contributed by atoms with Crippen LogP contribution in [0.1, 0.15) is 10.4 Å². The quantitative estimate of drug-likeness (QED) is 0.149. The van der Waals surface area contributed by atoms with Gasteiger partial charge in [-0.2, -0.15) is 9.97 Å². The molecule has 4 rings (SSSR count). The second-order valence-electron chi connectivity index (χ2n) is 7.02. The van der Waals surface area contributed by atoms with Crippen molar-refractivity contribution in [2.45, 2.75) is 0 Å². The minimum Gasteiger partial charge on any atom is -0.481 e. The number of aromatic nitrogens is 2. The van der Waals surface area contributed by atoms with Crippen molar-refractivity contribution in [3.8, 4) is 40.4 Å². The van der Waals surface area contributed by atoms with Crippen molar-refractivity contribution < 1.29 is 28.7 Å². The average Bonchev–Trinajstić information content (AvgIpc) is 2.89. The standard InChI is InChI=1S/C25H19N3O7/c1-32-21-15-22(33-2)27-25(26-21)35-20-10-6-9-19(16-7-4-3-5-8-16)23(20)24(29)34-18-13-11-17(12-14-18)28(30)31/h3-15H,1-2H3. The van der Waals surface area contributed by atoms with Gasteiger partial charge in [-0.05, 0) is 29.3 Å². The van der Waals surface area contributed by atoms with Crippen molar-refractivity contribution in [1.29, 1.82) is 0 Å². The summed E-state index contributed by atoms with van der Waals surface area (Å²) in [5.41, 5.74) is 1.28. The third-order valence-corrected chi connectivity index (χ3v) is 4.85. The van der Waals surface area contributed by atoms with E-state index < -0.39 is 10.9 Å². The molecule has 0 aliphatic rings. The van der Waals surface area contributed by atoms with E-state index in [1.165, 1.54) is 44.6 Å². The van der Waals surface area contributed by atoms with Gasteiger partial charge in [0.25, 0.3) is 5.69 Å². The summed E-state index contributed by atoms with van der Waals surface area (Å²) in [5.74, 6) is -0.0485. The number of ether oxygens (including phenoxy) is 4. The topological polar surface area (TPSA) is 123 Å². The normalized spacial score (nSPS) is 10.3. The molecule has 10 heteroatoms. The van der Waals surface area contributed by atoms with Gasteiger partial charge in [0, 0.05) is 12.1 Å². The molecule has 0 bridgehead atoms. The number of methoxy groups -OCH3 is 2. The Morgan fingerprint density at radius 2 is 1.51 bits per heavy atom. The molecule has 0 N–H and O–H groups in total. The van der Waals surface area contributed by atoms with Crippen molar-refractivity contribution in [2.24, 2.45) is 0 Å². The Morgan fingerprint density at radius 1 is 0.857 bits per heavy atom. The maximum Gasteiger partial charge on any atom is 0.347 e. The van der Waals surface area contributed by atoms with E-state index in [0.29, 0.717) is 5.56 Å². The van der Waals surface area contributed by atoms with Gasteiger partial charge in [0.05, 0.1) is 25.2 Å². The minimum absolute atomic E-state index is 0.101. The first-order chi connectivity index (χ1) is 17.0. The van der Waals surface area contributed by atoms with E-state index in [0.717, 1.165) is 5.56 Å². The van der Waals surface area contributed by atoms with Gasteiger partial charge in [-0.25, -0.2) is 4.79 Å². The van der Waals surface area contributed by atoms with Gasteiger partial charge in [0.1, 0.15) is 17.1 Å². The molecule has 0 saturated heterocycles. The summed E-state index contributed by atoms with van der Waals surface area (Å²) in [5, 5.41) is 10.9. The van der Waals surface area contributed by atoms with Gasteiger partial charge < -0.3 is 18.9 Å². The zero-order valence-electron chi connectivity index (χ0n) is 18.7. The van der Waals surface area contributed by atoms with Crippen molar-refractivity contribution >= 4 is 11.7 Å². The van der Waals surface area contributed by atoms with Crippen LogP contribution in [-0.4, -0.2) is 35.1 Å². The molecule has 4 aromatic rings. The van der Waals surface area contributed by atoms with Crippen LogP contribution < -0.4 is 18.9 Å². The number of benzene rings is 3. The Labute approximate surface area is 199 Å². The molecule has 0 atom stereocenters. The van der Waals surface area contributed by atoms with Crippen molar-refractivity contribution in [3.05, 3.63) is 94.5 Å². The van der Waals surface area contributed by atoms with Crippen molar-refractivity contribution in [3.63, 3.8) is 0 Å². The summed E-state index contributed by atoms with van der Waals surface area (Å²) in [6.07, 6.45) is 0. The van der Waals surface area contributed by atoms with Gasteiger partial charge in [-0.15, -0.1) is 0 Å². The number of rotatable bonds is 8. The number of hydrogen-bond acceptors (Lipinski definition) is 9. The Hall–Kier alpha value is -4.99. The lowest BCUT2D eigenvalue weighted by atomic mass is 9.99. The molecule has 0 aliphatic carbocycles. The third-order valence-electron chi connectivity index (χ3n) is 4.85. The summed E-state index contributed by atoms with van der Waals surface area (Å²) < 4.78 is 21.7. The molecule has 10 nitrogen and oxygen atoms in total. The lowest BCUT2D eigenvalue weighted by Gasteiger charge is -2.15. The lowest BCUT2D eigenvalue weighted by molar-refractivity contribution is -0.384. The van der Waals surface area contributed by atoms with Crippen LogP contribution in [0.15, 0.2) is 78.9 Å². The molecule has 0 fully saturated rings. The van der Waals surface area contributed by atoms with Gasteiger partial charge in [0.15, 0.2) is 0 Å². The van der Waals surface area contributed by atoms with E-state index >= 15 is 0 Å². The Morgan fingerprint density at radius 3 is 2.11 bits per heavy atom. The fourth-order valence-electron chi connectivity index (χ4n) is 3.22. The summed E-state index contributed by atoms with van der Waals surface area (Å²) in [4.78, 5) is 32.1. The Balaban J connectivity index is 1.76.